The molecule has 0 atom stereocenters. The standard InChI is InChI=1S/C11H13F2N3/c1-14-4-2-3-10-15-9-6-7(12)5-8(13)11(9)16-10/h5-6,14H,2-4H2,1H3,(H,15,16). The van der Waals surface area contributed by atoms with Gasteiger partial charge in [0.1, 0.15) is 17.2 Å². The zero-order valence-electron chi connectivity index (χ0n) is 8.98. The van der Waals surface area contributed by atoms with Gasteiger partial charge in [0.15, 0.2) is 5.82 Å². The molecule has 0 aliphatic carbocycles. The van der Waals surface area contributed by atoms with Gasteiger partial charge in [-0.25, -0.2) is 13.8 Å². The summed E-state index contributed by atoms with van der Waals surface area (Å²) in [6.45, 7) is 0.869. The van der Waals surface area contributed by atoms with E-state index >= 15 is 0 Å². The fourth-order valence-corrected chi connectivity index (χ4v) is 1.64. The minimum absolute atomic E-state index is 0.209. The van der Waals surface area contributed by atoms with E-state index in [0.29, 0.717) is 11.3 Å². The van der Waals surface area contributed by atoms with E-state index in [-0.39, 0.29) is 5.52 Å². The first-order valence-electron chi connectivity index (χ1n) is 5.19. The summed E-state index contributed by atoms with van der Waals surface area (Å²) in [5.74, 6) is -0.517. The van der Waals surface area contributed by atoms with E-state index < -0.39 is 11.6 Å². The summed E-state index contributed by atoms with van der Waals surface area (Å²) >= 11 is 0. The van der Waals surface area contributed by atoms with Crippen LogP contribution in [0.2, 0.25) is 0 Å². The number of nitrogens with one attached hydrogen (secondary N) is 2. The van der Waals surface area contributed by atoms with Crippen molar-refractivity contribution in [1.82, 2.24) is 15.3 Å². The molecule has 2 aromatic rings. The van der Waals surface area contributed by atoms with Crippen LogP contribution in [-0.2, 0) is 6.42 Å². The molecule has 2 N–H and O–H groups in total. The van der Waals surface area contributed by atoms with Crippen LogP contribution in [-0.4, -0.2) is 23.6 Å². The molecule has 0 saturated heterocycles. The van der Waals surface area contributed by atoms with Gasteiger partial charge in [-0.05, 0) is 26.1 Å². The van der Waals surface area contributed by atoms with Gasteiger partial charge in [0.2, 0.25) is 0 Å². The minimum atomic E-state index is -0.619. The van der Waals surface area contributed by atoms with Gasteiger partial charge in [0.05, 0.1) is 5.52 Å². The van der Waals surface area contributed by atoms with E-state index in [9.17, 15) is 8.78 Å². The van der Waals surface area contributed by atoms with Crippen molar-refractivity contribution in [3.8, 4) is 0 Å². The molecule has 0 aliphatic heterocycles. The maximum absolute atomic E-state index is 13.3. The normalized spacial score (nSPS) is 11.2. The summed E-state index contributed by atoms with van der Waals surface area (Å²) < 4.78 is 26.2. The van der Waals surface area contributed by atoms with Crippen LogP contribution in [0.5, 0.6) is 0 Å². The number of halogens is 2. The van der Waals surface area contributed by atoms with E-state index in [1.807, 2.05) is 7.05 Å². The molecular weight excluding hydrogens is 212 g/mol. The van der Waals surface area contributed by atoms with Gasteiger partial charge in [-0.15, -0.1) is 0 Å². The number of nitrogens with zero attached hydrogens (tertiary/aromatic N) is 1. The number of aromatic nitrogens is 2. The van der Waals surface area contributed by atoms with Crippen LogP contribution in [0.15, 0.2) is 12.1 Å². The van der Waals surface area contributed by atoms with E-state index in [2.05, 4.69) is 15.3 Å². The Labute approximate surface area is 91.9 Å². The molecule has 0 spiro atoms. The number of aryl methyl sites for hydroxylation is 1. The van der Waals surface area contributed by atoms with Crippen molar-refractivity contribution >= 4 is 11.0 Å². The lowest BCUT2D eigenvalue weighted by Gasteiger charge is -1.95. The smallest absolute Gasteiger partial charge is 0.153 e. The van der Waals surface area contributed by atoms with Gasteiger partial charge in [-0.3, -0.25) is 0 Å². The SMILES string of the molecule is CNCCCc1nc2c(F)cc(F)cc2[nH]1. The van der Waals surface area contributed by atoms with Crippen LogP contribution < -0.4 is 5.32 Å². The average molecular weight is 225 g/mol. The zero-order valence-corrected chi connectivity index (χ0v) is 8.98. The van der Waals surface area contributed by atoms with Crippen LogP contribution in [0, 0.1) is 11.6 Å². The Morgan fingerprint density at radius 3 is 2.94 bits per heavy atom. The summed E-state index contributed by atoms with van der Waals surface area (Å²) in [6, 6.07) is 2.10. The van der Waals surface area contributed by atoms with E-state index in [0.717, 1.165) is 25.5 Å². The Balaban J connectivity index is 2.26. The van der Waals surface area contributed by atoms with Gasteiger partial charge >= 0.3 is 0 Å². The summed E-state index contributed by atoms with van der Waals surface area (Å²) in [6.07, 6.45) is 1.62. The first-order valence-corrected chi connectivity index (χ1v) is 5.19. The maximum Gasteiger partial charge on any atom is 0.153 e. The number of imidazole rings is 1. The number of rotatable bonds is 4. The third kappa shape index (κ3) is 2.19. The molecule has 3 nitrogen and oxygen atoms in total. The van der Waals surface area contributed by atoms with Gasteiger partial charge in [0, 0.05) is 12.5 Å². The minimum Gasteiger partial charge on any atom is -0.342 e. The molecule has 0 fully saturated rings. The quantitative estimate of drug-likeness (QED) is 0.781. The van der Waals surface area contributed by atoms with Crippen molar-refractivity contribution in [2.24, 2.45) is 0 Å². The van der Waals surface area contributed by atoms with Crippen molar-refractivity contribution in [2.75, 3.05) is 13.6 Å². The van der Waals surface area contributed by atoms with Gasteiger partial charge in [-0.1, -0.05) is 0 Å². The second kappa shape index (κ2) is 4.57. The highest BCUT2D eigenvalue weighted by Gasteiger charge is 2.09. The summed E-state index contributed by atoms with van der Waals surface area (Å²) in [7, 11) is 1.87. The Morgan fingerprint density at radius 2 is 2.19 bits per heavy atom. The van der Waals surface area contributed by atoms with Gasteiger partial charge in [-0.2, -0.15) is 0 Å². The second-order valence-electron chi connectivity index (χ2n) is 3.67. The Kier molecular flexibility index (Phi) is 3.14. The molecule has 1 aromatic carbocycles. The topological polar surface area (TPSA) is 40.7 Å². The Bertz CT molecular complexity index is 493. The van der Waals surface area contributed by atoms with Gasteiger partial charge < -0.3 is 10.3 Å². The van der Waals surface area contributed by atoms with Gasteiger partial charge in [0.25, 0.3) is 0 Å². The maximum atomic E-state index is 13.3. The molecular formula is C11H13F2N3. The molecule has 0 amide bonds. The van der Waals surface area contributed by atoms with E-state index in [4.69, 9.17) is 0 Å². The second-order valence-corrected chi connectivity index (χ2v) is 3.67. The zero-order chi connectivity index (χ0) is 11.5. The highest BCUT2D eigenvalue weighted by molar-refractivity contribution is 5.75. The monoisotopic (exact) mass is 225 g/mol. The number of hydrogen-bond acceptors (Lipinski definition) is 2. The lowest BCUT2D eigenvalue weighted by atomic mass is 10.3. The first kappa shape index (κ1) is 11.0. The van der Waals surface area contributed by atoms with Crippen LogP contribution in [0.3, 0.4) is 0 Å². The van der Waals surface area contributed by atoms with Crippen molar-refractivity contribution in [1.29, 1.82) is 0 Å². The predicted molar refractivity (Wildman–Crippen MR) is 58.3 cm³/mol. The Morgan fingerprint density at radius 1 is 1.38 bits per heavy atom. The van der Waals surface area contributed by atoms with Crippen LogP contribution >= 0.6 is 0 Å². The fourth-order valence-electron chi connectivity index (χ4n) is 1.64. The predicted octanol–water partition coefficient (Wildman–Crippen LogP) is 1.99. The highest BCUT2D eigenvalue weighted by atomic mass is 19.1. The number of fused-ring (bicyclic) bond motifs is 1. The molecule has 0 aliphatic rings. The molecule has 86 valence electrons. The van der Waals surface area contributed by atoms with Crippen molar-refractivity contribution in [2.45, 2.75) is 12.8 Å². The number of hydrogen-bond donors (Lipinski definition) is 2. The van der Waals surface area contributed by atoms with Crippen LogP contribution in [0.25, 0.3) is 11.0 Å². The lowest BCUT2D eigenvalue weighted by Crippen LogP contribution is -2.08. The molecule has 0 radical (unpaired) electrons. The number of aromatic amines is 1. The van der Waals surface area contributed by atoms with E-state index in [1.54, 1.807) is 0 Å². The van der Waals surface area contributed by atoms with E-state index in [1.165, 1.54) is 6.07 Å². The first-order chi connectivity index (χ1) is 7.70. The molecule has 0 bridgehead atoms. The summed E-state index contributed by atoms with van der Waals surface area (Å²) in [4.78, 5) is 7.02. The molecule has 0 unspecified atom stereocenters. The lowest BCUT2D eigenvalue weighted by molar-refractivity contribution is 0.590. The van der Waals surface area contributed by atoms with Crippen LogP contribution in [0.4, 0.5) is 8.78 Å². The molecule has 1 aromatic heterocycles. The molecule has 1 heterocycles. The molecule has 0 saturated carbocycles. The fraction of sp³-hybridized carbons (Fsp3) is 0.364. The van der Waals surface area contributed by atoms with Crippen molar-refractivity contribution in [3.05, 3.63) is 29.6 Å². The molecule has 5 heteroatoms. The summed E-state index contributed by atoms with van der Waals surface area (Å²) in [5.41, 5.74) is 0.623. The third-order valence-corrected chi connectivity index (χ3v) is 2.39. The van der Waals surface area contributed by atoms with Crippen LogP contribution in [0.1, 0.15) is 12.2 Å². The van der Waals surface area contributed by atoms with Crippen molar-refractivity contribution in [3.63, 3.8) is 0 Å². The third-order valence-electron chi connectivity index (χ3n) is 2.39. The van der Waals surface area contributed by atoms with Crippen molar-refractivity contribution < 1.29 is 8.78 Å². The largest absolute Gasteiger partial charge is 0.342 e. The average Bonchev–Trinajstić information content (AvgIpc) is 2.61. The molecule has 2 rings (SSSR count). The summed E-state index contributed by atoms with van der Waals surface area (Å²) in [5, 5.41) is 3.02. The molecule has 16 heavy (non-hydrogen) atoms. The number of benzene rings is 1. The highest BCUT2D eigenvalue weighted by Crippen LogP contribution is 2.17. The Hall–Kier alpha value is -1.49. The number of H-pyrrole nitrogens is 1.